The number of halogens is 1. The fourth-order valence-electron chi connectivity index (χ4n) is 3.41. The highest BCUT2D eigenvalue weighted by molar-refractivity contribution is 6.31. The van der Waals surface area contributed by atoms with Crippen molar-refractivity contribution in [2.24, 2.45) is 0 Å². The van der Waals surface area contributed by atoms with E-state index in [0.29, 0.717) is 23.7 Å². The number of benzene rings is 2. The zero-order valence-corrected chi connectivity index (χ0v) is 17.6. The number of hydrogen-bond acceptors (Lipinski definition) is 3. The van der Waals surface area contributed by atoms with Crippen LogP contribution in [0.4, 0.5) is 5.69 Å². The Morgan fingerprint density at radius 1 is 1.24 bits per heavy atom. The van der Waals surface area contributed by atoms with Crippen LogP contribution in [0.2, 0.25) is 5.02 Å². The Morgan fingerprint density at radius 2 is 2.10 bits per heavy atom. The second-order valence-electron chi connectivity index (χ2n) is 7.15. The Morgan fingerprint density at radius 3 is 2.90 bits per heavy atom. The summed E-state index contributed by atoms with van der Waals surface area (Å²) in [4.78, 5) is 17.0. The van der Waals surface area contributed by atoms with Gasteiger partial charge in [-0.25, -0.2) is 0 Å². The highest BCUT2D eigenvalue weighted by Crippen LogP contribution is 2.32. The van der Waals surface area contributed by atoms with Crippen LogP contribution in [0, 0.1) is 0 Å². The molecule has 0 bridgehead atoms. The molecule has 1 aliphatic heterocycles. The number of nitrogens with zero attached hydrogens (tertiary/aromatic N) is 2. The van der Waals surface area contributed by atoms with Gasteiger partial charge in [0.25, 0.3) is 5.91 Å². The molecule has 0 spiro atoms. The van der Waals surface area contributed by atoms with E-state index in [1.807, 2.05) is 42.3 Å². The first-order valence-corrected chi connectivity index (χ1v) is 10.2. The summed E-state index contributed by atoms with van der Waals surface area (Å²) in [5, 5.41) is 0.570. The molecule has 3 rings (SSSR count). The van der Waals surface area contributed by atoms with Gasteiger partial charge >= 0.3 is 0 Å². The summed E-state index contributed by atoms with van der Waals surface area (Å²) in [5.74, 6) is 0.804. The van der Waals surface area contributed by atoms with E-state index in [1.54, 1.807) is 24.3 Å². The molecule has 2 aromatic carbocycles. The van der Waals surface area contributed by atoms with E-state index in [0.717, 1.165) is 42.9 Å². The first kappa shape index (κ1) is 21.2. The summed E-state index contributed by atoms with van der Waals surface area (Å²) < 4.78 is 5.86. The molecule has 0 fully saturated rings. The van der Waals surface area contributed by atoms with Gasteiger partial charge < -0.3 is 9.64 Å². The normalized spacial score (nSPS) is 13.6. The van der Waals surface area contributed by atoms with E-state index in [-0.39, 0.29) is 5.91 Å². The molecule has 0 saturated heterocycles. The lowest BCUT2D eigenvalue weighted by atomic mass is 10.0. The average Bonchev–Trinajstić information content (AvgIpc) is 2.72. The summed E-state index contributed by atoms with van der Waals surface area (Å²) in [6, 6.07) is 13.1. The van der Waals surface area contributed by atoms with Crippen LogP contribution >= 0.6 is 11.6 Å². The van der Waals surface area contributed by atoms with E-state index in [2.05, 4.69) is 17.6 Å². The Balaban J connectivity index is 1.64. The number of carbonyl (C=O) groups excluding carboxylic acids is 1. The molecule has 5 heteroatoms. The van der Waals surface area contributed by atoms with Gasteiger partial charge in [-0.05, 0) is 61.9 Å². The first-order valence-electron chi connectivity index (χ1n) is 9.86. The molecule has 2 aromatic rings. The number of carbonyl (C=O) groups is 1. The maximum Gasteiger partial charge on any atom is 0.258 e. The highest BCUT2D eigenvalue weighted by atomic mass is 35.5. The predicted molar refractivity (Wildman–Crippen MR) is 120 cm³/mol. The molecule has 29 heavy (non-hydrogen) atoms. The van der Waals surface area contributed by atoms with Crippen LogP contribution in [-0.4, -0.2) is 44.1 Å². The van der Waals surface area contributed by atoms with E-state index < -0.39 is 0 Å². The second-order valence-corrected chi connectivity index (χ2v) is 7.59. The largest absolute Gasteiger partial charge is 0.490 e. The number of likely N-dealkylation sites (N-methyl/N-ethyl adjacent to an activating group) is 1. The maximum atomic E-state index is 13.0. The molecule has 0 saturated carbocycles. The molecule has 1 heterocycles. The first-order chi connectivity index (χ1) is 14.1. The number of ether oxygens (including phenoxy) is 1. The van der Waals surface area contributed by atoms with Gasteiger partial charge in [0.2, 0.25) is 0 Å². The minimum Gasteiger partial charge on any atom is -0.490 e. The number of rotatable bonds is 8. The molecular formula is C24H27ClN2O2. The molecule has 0 aliphatic carbocycles. The molecule has 1 amide bonds. The zero-order chi connectivity index (χ0) is 20.6. The van der Waals surface area contributed by atoms with Crippen LogP contribution in [0.5, 0.6) is 5.75 Å². The number of hydrogen-bond donors (Lipinski definition) is 0. The lowest BCUT2D eigenvalue weighted by Crippen LogP contribution is -2.35. The van der Waals surface area contributed by atoms with Crippen molar-refractivity contribution >= 4 is 23.2 Å². The van der Waals surface area contributed by atoms with E-state index in [9.17, 15) is 4.79 Å². The predicted octanol–water partition coefficient (Wildman–Crippen LogP) is 4.99. The molecule has 0 radical (unpaired) electrons. The molecular weight excluding hydrogens is 384 g/mol. The quantitative estimate of drug-likeness (QED) is 0.575. The molecule has 152 valence electrons. The van der Waals surface area contributed by atoms with Gasteiger partial charge in [-0.1, -0.05) is 35.9 Å². The highest BCUT2D eigenvalue weighted by Gasteiger charge is 2.24. The molecule has 0 atom stereocenters. The minimum absolute atomic E-state index is 0.0197. The van der Waals surface area contributed by atoms with Gasteiger partial charge in [0, 0.05) is 35.9 Å². The van der Waals surface area contributed by atoms with E-state index in [1.165, 1.54) is 0 Å². The number of anilines is 1. The third-order valence-corrected chi connectivity index (χ3v) is 5.09. The zero-order valence-electron chi connectivity index (χ0n) is 16.8. The van der Waals surface area contributed by atoms with Crippen LogP contribution in [0.1, 0.15) is 22.3 Å². The number of fused-ring (bicyclic) bond motifs is 1. The third-order valence-electron chi connectivity index (χ3n) is 4.86. The van der Waals surface area contributed by atoms with E-state index in [4.69, 9.17) is 16.3 Å². The van der Waals surface area contributed by atoms with Crippen LogP contribution < -0.4 is 9.64 Å². The molecule has 1 aliphatic rings. The molecule has 0 N–H and O–H groups in total. The smallest absolute Gasteiger partial charge is 0.258 e. The Bertz CT molecular complexity index is 894. The van der Waals surface area contributed by atoms with E-state index >= 15 is 0 Å². The summed E-state index contributed by atoms with van der Waals surface area (Å²) in [6.45, 7) is 6.69. The molecule has 0 unspecified atom stereocenters. The van der Waals surface area contributed by atoms with Gasteiger partial charge in [0.1, 0.15) is 12.4 Å². The Hall–Kier alpha value is -2.56. The minimum atomic E-state index is -0.0197. The second kappa shape index (κ2) is 10.3. The summed E-state index contributed by atoms with van der Waals surface area (Å²) in [6.07, 6.45) is 7.87. The van der Waals surface area contributed by atoms with Gasteiger partial charge in [0.15, 0.2) is 0 Å². The van der Waals surface area contributed by atoms with Crippen molar-refractivity contribution in [3.05, 3.63) is 83.4 Å². The summed E-state index contributed by atoms with van der Waals surface area (Å²) in [7, 11) is 2.05. The van der Waals surface area contributed by atoms with Crippen molar-refractivity contribution in [3.63, 3.8) is 0 Å². The number of aryl methyl sites for hydroxylation is 1. The van der Waals surface area contributed by atoms with Crippen molar-refractivity contribution in [3.8, 4) is 5.75 Å². The third kappa shape index (κ3) is 5.72. The monoisotopic (exact) mass is 410 g/mol. The van der Waals surface area contributed by atoms with Crippen molar-refractivity contribution in [2.75, 3.05) is 38.2 Å². The lowest BCUT2D eigenvalue weighted by molar-refractivity contribution is 0.0985. The van der Waals surface area contributed by atoms with Crippen molar-refractivity contribution < 1.29 is 9.53 Å². The standard InChI is InChI=1S/C24H27ClN2O2/c1-3-13-26(2)14-4-5-16-29-22-11-12-23-19(18-22)9-7-15-27(23)24(28)20-8-6-10-21(25)17-20/h3-6,8,10-12,17-18H,1,7,9,13-16H2,2H3/b5-4+. The Labute approximate surface area is 178 Å². The van der Waals surface area contributed by atoms with Crippen LogP contribution in [-0.2, 0) is 6.42 Å². The maximum absolute atomic E-state index is 13.0. The van der Waals surface area contributed by atoms with Crippen LogP contribution in [0.15, 0.2) is 67.3 Å². The van der Waals surface area contributed by atoms with Crippen LogP contribution in [0.25, 0.3) is 0 Å². The Kier molecular flexibility index (Phi) is 7.50. The fraction of sp³-hybridized carbons (Fsp3) is 0.292. The molecule has 0 aromatic heterocycles. The van der Waals surface area contributed by atoms with Gasteiger partial charge in [-0.3, -0.25) is 9.69 Å². The summed E-state index contributed by atoms with van der Waals surface area (Å²) >= 11 is 6.05. The van der Waals surface area contributed by atoms with Crippen LogP contribution in [0.3, 0.4) is 0 Å². The van der Waals surface area contributed by atoms with Gasteiger partial charge in [0.05, 0.1) is 0 Å². The SMILES string of the molecule is C=CCN(C)C/C=C/COc1ccc2c(c1)CCCN2C(=O)c1cccc(Cl)c1. The van der Waals surface area contributed by atoms with Crippen molar-refractivity contribution in [1.82, 2.24) is 4.90 Å². The lowest BCUT2D eigenvalue weighted by Gasteiger charge is -2.30. The molecule has 4 nitrogen and oxygen atoms in total. The summed E-state index contributed by atoms with van der Waals surface area (Å²) in [5.41, 5.74) is 2.70. The van der Waals surface area contributed by atoms with Gasteiger partial charge in [-0.15, -0.1) is 6.58 Å². The van der Waals surface area contributed by atoms with Gasteiger partial charge in [-0.2, -0.15) is 0 Å². The number of amides is 1. The van der Waals surface area contributed by atoms with Crippen molar-refractivity contribution in [2.45, 2.75) is 12.8 Å². The van der Waals surface area contributed by atoms with Crippen molar-refractivity contribution in [1.29, 1.82) is 0 Å². The fourth-order valence-corrected chi connectivity index (χ4v) is 3.60. The topological polar surface area (TPSA) is 32.8 Å². The average molecular weight is 411 g/mol.